The van der Waals surface area contributed by atoms with Crippen LogP contribution in [0.4, 0.5) is 0 Å². The van der Waals surface area contributed by atoms with Gasteiger partial charge in [0.25, 0.3) is 0 Å². The fourth-order valence-electron chi connectivity index (χ4n) is 5.08. The highest BCUT2D eigenvalue weighted by Crippen LogP contribution is 2.61. The summed E-state index contributed by atoms with van der Waals surface area (Å²) >= 11 is 0. The zero-order valence-electron chi connectivity index (χ0n) is 11.4. The number of esters is 1. The number of ether oxygens (including phenoxy) is 1. The molecule has 0 aromatic carbocycles. The van der Waals surface area contributed by atoms with Crippen molar-refractivity contribution in [2.45, 2.75) is 57.9 Å². The maximum Gasteiger partial charge on any atom is 0.308 e. The number of hydrogen-bond donors (Lipinski definition) is 1. The van der Waals surface area contributed by atoms with Crippen LogP contribution >= 0.6 is 0 Å². The van der Waals surface area contributed by atoms with Crippen molar-refractivity contribution in [2.75, 3.05) is 6.61 Å². The molecule has 3 aliphatic rings. The Morgan fingerprint density at radius 3 is 2.89 bits per heavy atom. The Morgan fingerprint density at radius 1 is 1.39 bits per heavy atom. The molecule has 3 rings (SSSR count). The highest BCUT2D eigenvalue weighted by Gasteiger charge is 2.58. The molecule has 1 spiro atoms. The third kappa shape index (κ3) is 1.70. The van der Waals surface area contributed by atoms with Crippen LogP contribution in [0.2, 0.25) is 0 Å². The molecule has 2 bridgehead atoms. The van der Waals surface area contributed by atoms with Gasteiger partial charge in [0.2, 0.25) is 0 Å². The van der Waals surface area contributed by atoms with Crippen LogP contribution in [0.1, 0.15) is 51.9 Å². The molecular formula is C15H25NO2. The van der Waals surface area contributed by atoms with Gasteiger partial charge in [-0.2, -0.15) is 0 Å². The minimum Gasteiger partial charge on any atom is -0.466 e. The van der Waals surface area contributed by atoms with E-state index in [2.05, 4.69) is 0 Å². The van der Waals surface area contributed by atoms with Gasteiger partial charge in [-0.25, -0.2) is 0 Å². The number of nitrogens with two attached hydrogens (primary N) is 1. The van der Waals surface area contributed by atoms with Crippen LogP contribution in [0.5, 0.6) is 0 Å². The predicted octanol–water partition coefficient (Wildman–Crippen LogP) is 2.48. The molecule has 18 heavy (non-hydrogen) atoms. The van der Waals surface area contributed by atoms with E-state index in [1.807, 2.05) is 6.92 Å². The summed E-state index contributed by atoms with van der Waals surface area (Å²) in [6, 6.07) is 0.341. The first-order valence-corrected chi connectivity index (χ1v) is 7.59. The average Bonchev–Trinajstić information content (AvgIpc) is 2.94. The number of carbonyl (C=O) groups is 1. The second-order valence-corrected chi connectivity index (χ2v) is 6.57. The van der Waals surface area contributed by atoms with E-state index in [0.717, 1.165) is 31.1 Å². The Labute approximate surface area is 109 Å². The SMILES string of the molecule is CCOC(=O)[C@@H]1CCC[C@]2(C1)C1CCC(C1)C2N. The molecule has 0 heterocycles. The maximum atomic E-state index is 12.0. The lowest BCUT2D eigenvalue weighted by atomic mass is 9.59. The van der Waals surface area contributed by atoms with Crippen LogP contribution in [-0.2, 0) is 9.53 Å². The van der Waals surface area contributed by atoms with Crippen molar-refractivity contribution in [3.05, 3.63) is 0 Å². The van der Waals surface area contributed by atoms with Crippen LogP contribution in [0.3, 0.4) is 0 Å². The summed E-state index contributed by atoms with van der Waals surface area (Å²) in [4.78, 5) is 12.0. The standard InChI is InChI=1S/C15H25NO2/c1-2-18-14(17)11-4-3-7-15(9-11)12-6-5-10(8-12)13(15)16/h10-13H,2-9,16H2,1H3/t10?,11-,12?,13?,15+/m1/s1. The van der Waals surface area contributed by atoms with E-state index in [-0.39, 0.29) is 17.3 Å². The van der Waals surface area contributed by atoms with Crippen LogP contribution in [0, 0.1) is 23.2 Å². The molecule has 0 saturated heterocycles. The van der Waals surface area contributed by atoms with E-state index < -0.39 is 0 Å². The quantitative estimate of drug-likeness (QED) is 0.767. The Balaban J connectivity index is 1.75. The summed E-state index contributed by atoms with van der Waals surface area (Å²) in [6.07, 6.45) is 8.37. The topological polar surface area (TPSA) is 52.3 Å². The largest absolute Gasteiger partial charge is 0.466 e. The van der Waals surface area contributed by atoms with Crippen molar-refractivity contribution in [2.24, 2.45) is 28.9 Å². The van der Waals surface area contributed by atoms with E-state index in [1.54, 1.807) is 0 Å². The minimum atomic E-state index is 0.0200. The van der Waals surface area contributed by atoms with Gasteiger partial charge in [-0.05, 0) is 62.7 Å². The maximum absolute atomic E-state index is 12.0. The Kier molecular flexibility index (Phi) is 3.13. The molecule has 2 N–H and O–H groups in total. The van der Waals surface area contributed by atoms with Crippen LogP contribution in [-0.4, -0.2) is 18.6 Å². The number of rotatable bonds is 2. The molecule has 3 unspecified atom stereocenters. The van der Waals surface area contributed by atoms with Crippen molar-refractivity contribution in [3.8, 4) is 0 Å². The molecule has 3 nitrogen and oxygen atoms in total. The smallest absolute Gasteiger partial charge is 0.308 e. The Hall–Kier alpha value is -0.570. The van der Waals surface area contributed by atoms with E-state index in [4.69, 9.17) is 10.5 Å². The van der Waals surface area contributed by atoms with Crippen molar-refractivity contribution in [1.82, 2.24) is 0 Å². The van der Waals surface area contributed by atoms with E-state index in [0.29, 0.717) is 12.6 Å². The highest BCUT2D eigenvalue weighted by molar-refractivity contribution is 5.72. The first kappa shape index (κ1) is 12.5. The van der Waals surface area contributed by atoms with Gasteiger partial charge in [0.1, 0.15) is 0 Å². The zero-order valence-corrected chi connectivity index (χ0v) is 11.4. The lowest BCUT2D eigenvalue weighted by Crippen LogP contribution is -2.49. The highest BCUT2D eigenvalue weighted by atomic mass is 16.5. The van der Waals surface area contributed by atoms with Gasteiger partial charge >= 0.3 is 5.97 Å². The summed E-state index contributed by atoms with van der Waals surface area (Å²) in [7, 11) is 0. The minimum absolute atomic E-state index is 0.0200. The monoisotopic (exact) mass is 251 g/mol. The third-order valence-electron chi connectivity index (χ3n) is 5.90. The Morgan fingerprint density at radius 2 is 2.22 bits per heavy atom. The molecule has 5 atom stereocenters. The molecule has 102 valence electrons. The summed E-state index contributed by atoms with van der Waals surface area (Å²) in [5.74, 6) is 1.65. The van der Waals surface area contributed by atoms with Gasteiger partial charge in [-0.15, -0.1) is 0 Å². The molecule has 0 aromatic rings. The van der Waals surface area contributed by atoms with Gasteiger partial charge in [0.15, 0.2) is 0 Å². The van der Waals surface area contributed by atoms with Crippen molar-refractivity contribution >= 4 is 5.97 Å². The van der Waals surface area contributed by atoms with Crippen molar-refractivity contribution in [3.63, 3.8) is 0 Å². The molecule has 0 aliphatic heterocycles. The summed E-state index contributed by atoms with van der Waals surface area (Å²) < 4.78 is 5.22. The van der Waals surface area contributed by atoms with E-state index in [9.17, 15) is 4.79 Å². The van der Waals surface area contributed by atoms with Crippen molar-refractivity contribution in [1.29, 1.82) is 0 Å². The summed E-state index contributed by atoms with van der Waals surface area (Å²) in [6.45, 7) is 2.39. The van der Waals surface area contributed by atoms with Gasteiger partial charge in [0.05, 0.1) is 12.5 Å². The lowest BCUT2D eigenvalue weighted by Gasteiger charge is -2.47. The molecule has 0 aromatic heterocycles. The van der Waals surface area contributed by atoms with Crippen LogP contribution in [0.25, 0.3) is 0 Å². The third-order valence-corrected chi connectivity index (χ3v) is 5.90. The summed E-state index contributed by atoms with van der Waals surface area (Å²) in [5, 5.41) is 0. The molecular weight excluding hydrogens is 226 g/mol. The fourth-order valence-corrected chi connectivity index (χ4v) is 5.08. The molecule has 3 fully saturated rings. The van der Waals surface area contributed by atoms with Crippen molar-refractivity contribution < 1.29 is 9.53 Å². The predicted molar refractivity (Wildman–Crippen MR) is 69.8 cm³/mol. The second kappa shape index (κ2) is 4.52. The zero-order chi connectivity index (χ0) is 12.8. The number of fused-ring (bicyclic) bond motifs is 3. The normalized spacial score (nSPS) is 46.6. The fraction of sp³-hybridized carbons (Fsp3) is 0.933. The first-order valence-electron chi connectivity index (χ1n) is 7.59. The average molecular weight is 251 g/mol. The van der Waals surface area contributed by atoms with Gasteiger partial charge < -0.3 is 10.5 Å². The molecule has 3 aliphatic carbocycles. The van der Waals surface area contributed by atoms with Gasteiger partial charge in [0, 0.05) is 6.04 Å². The molecule has 3 saturated carbocycles. The lowest BCUT2D eigenvalue weighted by molar-refractivity contribution is -0.151. The first-order chi connectivity index (χ1) is 8.67. The van der Waals surface area contributed by atoms with E-state index >= 15 is 0 Å². The summed E-state index contributed by atoms with van der Waals surface area (Å²) in [5.41, 5.74) is 6.79. The second-order valence-electron chi connectivity index (χ2n) is 6.57. The number of hydrogen-bond acceptors (Lipinski definition) is 3. The molecule has 0 radical (unpaired) electrons. The van der Waals surface area contributed by atoms with Gasteiger partial charge in [-0.1, -0.05) is 6.42 Å². The molecule has 3 heteroatoms. The van der Waals surface area contributed by atoms with E-state index in [1.165, 1.54) is 25.7 Å². The van der Waals surface area contributed by atoms with Gasteiger partial charge in [-0.3, -0.25) is 4.79 Å². The van der Waals surface area contributed by atoms with Crippen LogP contribution in [0.15, 0.2) is 0 Å². The molecule has 0 amide bonds. The Bertz CT molecular complexity index is 339. The number of carbonyl (C=O) groups excluding carboxylic acids is 1. The van der Waals surface area contributed by atoms with Crippen LogP contribution < -0.4 is 5.73 Å².